The fourth-order valence-electron chi connectivity index (χ4n) is 0.573. The maximum Gasteiger partial charge on any atom is 0.239 e. The quantitative estimate of drug-likeness (QED) is 0.702. The minimum absolute atomic E-state index is 0.0573. The summed E-state index contributed by atoms with van der Waals surface area (Å²) in [4.78, 5) is 11.3. The summed E-state index contributed by atoms with van der Waals surface area (Å²) in [7, 11) is 1.78. The second-order valence-corrected chi connectivity index (χ2v) is 3.13. The molecule has 0 fully saturated rings. The maximum atomic E-state index is 11.3. The molecule has 2 N–H and O–H groups in total. The third-order valence-electron chi connectivity index (χ3n) is 1.73. The molecule has 0 aliphatic carbocycles. The molecule has 3 heteroatoms. The van der Waals surface area contributed by atoms with Crippen molar-refractivity contribution in [3.63, 3.8) is 0 Å². The van der Waals surface area contributed by atoms with Crippen LogP contribution in [0, 0.1) is 0 Å². The lowest BCUT2D eigenvalue weighted by atomic mass is 10.1. The Kier molecular flexibility index (Phi) is 9.24. The normalized spacial score (nSPS) is 10.0. The van der Waals surface area contributed by atoms with Gasteiger partial charge in [-0.3, -0.25) is 4.79 Å². The molecule has 0 aliphatic heterocycles. The molecule has 0 spiro atoms. The van der Waals surface area contributed by atoms with Crippen molar-refractivity contribution in [1.29, 1.82) is 0 Å². The van der Waals surface area contributed by atoms with Crippen molar-refractivity contribution in [2.24, 2.45) is 0 Å². The Morgan fingerprint density at radius 1 is 1.31 bits per heavy atom. The lowest BCUT2D eigenvalue weighted by Crippen LogP contribution is -2.51. The topological polar surface area (TPSA) is 41.1 Å². The van der Waals surface area contributed by atoms with E-state index >= 15 is 0 Å². The van der Waals surface area contributed by atoms with Crippen LogP contribution >= 0.6 is 0 Å². The molecule has 0 radical (unpaired) electrons. The number of carbonyl (C=O) groups is 1. The van der Waals surface area contributed by atoms with Crippen molar-refractivity contribution in [3.05, 3.63) is 0 Å². The minimum atomic E-state index is -0.449. The van der Waals surface area contributed by atoms with Gasteiger partial charge in [0.2, 0.25) is 5.91 Å². The molecule has 0 rings (SSSR count). The summed E-state index contributed by atoms with van der Waals surface area (Å²) in [5.74, 6) is 0.0573. The summed E-state index contributed by atoms with van der Waals surface area (Å²) >= 11 is 0. The van der Waals surface area contributed by atoms with Crippen LogP contribution < -0.4 is 10.6 Å². The highest BCUT2D eigenvalue weighted by Crippen LogP contribution is 1.99. The van der Waals surface area contributed by atoms with E-state index in [1.165, 1.54) is 0 Å². The largest absolute Gasteiger partial charge is 0.355 e. The zero-order valence-electron chi connectivity index (χ0n) is 9.82. The zero-order valence-corrected chi connectivity index (χ0v) is 9.82. The van der Waals surface area contributed by atoms with Crippen LogP contribution in [-0.2, 0) is 4.79 Å². The maximum absolute atomic E-state index is 11.3. The second-order valence-electron chi connectivity index (χ2n) is 3.13. The summed E-state index contributed by atoms with van der Waals surface area (Å²) in [6.07, 6.45) is 0.978. The van der Waals surface area contributed by atoms with Crippen LogP contribution in [0.5, 0.6) is 0 Å². The molecule has 0 saturated carbocycles. The van der Waals surface area contributed by atoms with E-state index < -0.39 is 5.54 Å². The van der Waals surface area contributed by atoms with Gasteiger partial charge < -0.3 is 10.6 Å². The van der Waals surface area contributed by atoms with E-state index in [-0.39, 0.29) is 5.91 Å². The minimum Gasteiger partial charge on any atom is -0.355 e. The van der Waals surface area contributed by atoms with Gasteiger partial charge in [-0.1, -0.05) is 20.8 Å². The van der Waals surface area contributed by atoms with Gasteiger partial charge in [-0.15, -0.1) is 0 Å². The highest BCUT2D eigenvalue weighted by molar-refractivity contribution is 5.85. The van der Waals surface area contributed by atoms with E-state index in [4.69, 9.17) is 0 Å². The van der Waals surface area contributed by atoms with E-state index in [9.17, 15) is 4.79 Å². The van der Waals surface area contributed by atoms with Crippen LogP contribution in [0.1, 0.15) is 41.0 Å². The number of hydrogen-bond donors (Lipinski definition) is 2. The molecule has 0 atom stereocenters. The lowest BCUT2D eigenvalue weighted by Gasteiger charge is -2.22. The van der Waals surface area contributed by atoms with E-state index in [0.717, 1.165) is 13.0 Å². The molecule has 0 aromatic rings. The molecule has 0 aromatic heterocycles. The molecule has 0 aromatic carbocycles. The number of amides is 1. The second kappa shape index (κ2) is 8.05. The van der Waals surface area contributed by atoms with Gasteiger partial charge in [0.15, 0.2) is 0 Å². The SMILES string of the molecule is CC.CCCNC(=O)C(C)(C)NC. The number of likely N-dealkylation sites (N-methyl/N-ethyl adjacent to an activating group) is 1. The molecule has 0 bridgehead atoms. The van der Waals surface area contributed by atoms with Crippen molar-refractivity contribution < 1.29 is 4.79 Å². The molecule has 1 amide bonds. The van der Waals surface area contributed by atoms with Crippen molar-refractivity contribution in [2.75, 3.05) is 13.6 Å². The Bertz CT molecular complexity index is 133. The number of nitrogens with one attached hydrogen (secondary N) is 2. The third-order valence-corrected chi connectivity index (χ3v) is 1.73. The zero-order chi connectivity index (χ0) is 10.9. The average Bonchev–Trinajstić information content (AvgIpc) is 2.17. The number of carbonyl (C=O) groups excluding carboxylic acids is 1. The summed E-state index contributed by atoms with van der Waals surface area (Å²) in [5, 5.41) is 5.76. The smallest absolute Gasteiger partial charge is 0.239 e. The molecule has 0 unspecified atom stereocenters. The van der Waals surface area contributed by atoms with Crippen LogP contribution in [0.4, 0.5) is 0 Å². The van der Waals surface area contributed by atoms with E-state index in [1.54, 1.807) is 7.05 Å². The first-order chi connectivity index (χ1) is 6.04. The fourth-order valence-corrected chi connectivity index (χ4v) is 0.573. The van der Waals surface area contributed by atoms with Gasteiger partial charge in [-0.05, 0) is 27.3 Å². The lowest BCUT2D eigenvalue weighted by molar-refractivity contribution is -0.126. The highest BCUT2D eigenvalue weighted by atomic mass is 16.2. The fraction of sp³-hybridized carbons (Fsp3) is 0.900. The van der Waals surface area contributed by atoms with Crippen LogP contribution in [0.3, 0.4) is 0 Å². The Balaban J connectivity index is 0. The number of rotatable bonds is 4. The summed E-state index contributed by atoms with van der Waals surface area (Å²) in [6.45, 7) is 10.5. The highest BCUT2D eigenvalue weighted by Gasteiger charge is 2.23. The third kappa shape index (κ3) is 6.58. The molecule has 0 heterocycles. The van der Waals surface area contributed by atoms with Gasteiger partial charge in [0.05, 0.1) is 5.54 Å². The molecular formula is C10H24N2O. The average molecular weight is 188 g/mol. The van der Waals surface area contributed by atoms with Gasteiger partial charge in [-0.25, -0.2) is 0 Å². The first-order valence-electron chi connectivity index (χ1n) is 5.01. The van der Waals surface area contributed by atoms with Crippen molar-refractivity contribution >= 4 is 5.91 Å². The Morgan fingerprint density at radius 3 is 2.08 bits per heavy atom. The number of hydrogen-bond acceptors (Lipinski definition) is 2. The molecule has 0 saturated heterocycles. The van der Waals surface area contributed by atoms with Crippen molar-refractivity contribution in [1.82, 2.24) is 10.6 Å². The molecule has 3 nitrogen and oxygen atoms in total. The Hall–Kier alpha value is -0.570. The predicted octanol–water partition coefficient (Wildman–Crippen LogP) is 1.54. The van der Waals surface area contributed by atoms with Gasteiger partial charge in [0, 0.05) is 6.54 Å². The van der Waals surface area contributed by atoms with Crippen molar-refractivity contribution in [3.8, 4) is 0 Å². The van der Waals surface area contributed by atoms with Crippen LogP contribution in [0.25, 0.3) is 0 Å². The van der Waals surface area contributed by atoms with Crippen LogP contribution in [0.15, 0.2) is 0 Å². The first-order valence-corrected chi connectivity index (χ1v) is 5.01. The molecule has 80 valence electrons. The summed E-state index contributed by atoms with van der Waals surface area (Å²) in [5.41, 5.74) is -0.449. The van der Waals surface area contributed by atoms with Gasteiger partial charge in [-0.2, -0.15) is 0 Å². The Labute approximate surface area is 82.3 Å². The molecule has 13 heavy (non-hydrogen) atoms. The van der Waals surface area contributed by atoms with E-state index in [2.05, 4.69) is 10.6 Å². The van der Waals surface area contributed by atoms with Gasteiger partial charge >= 0.3 is 0 Å². The molecular weight excluding hydrogens is 164 g/mol. The summed E-state index contributed by atoms with van der Waals surface area (Å²) in [6, 6.07) is 0. The van der Waals surface area contributed by atoms with Gasteiger partial charge in [0.25, 0.3) is 0 Å². The molecule has 0 aliphatic rings. The van der Waals surface area contributed by atoms with E-state index in [1.807, 2.05) is 34.6 Å². The van der Waals surface area contributed by atoms with Crippen LogP contribution in [-0.4, -0.2) is 25.0 Å². The van der Waals surface area contributed by atoms with Crippen molar-refractivity contribution in [2.45, 2.75) is 46.6 Å². The standard InChI is InChI=1S/C8H18N2O.C2H6/c1-5-6-10-7(11)8(2,3)9-4;1-2/h9H,5-6H2,1-4H3,(H,10,11);1-2H3. The van der Waals surface area contributed by atoms with E-state index in [0.29, 0.717) is 0 Å². The van der Waals surface area contributed by atoms with Gasteiger partial charge in [0.1, 0.15) is 0 Å². The predicted molar refractivity (Wildman–Crippen MR) is 57.8 cm³/mol. The Morgan fingerprint density at radius 2 is 1.77 bits per heavy atom. The first kappa shape index (κ1) is 14.9. The monoisotopic (exact) mass is 188 g/mol. The summed E-state index contributed by atoms with van der Waals surface area (Å²) < 4.78 is 0. The van der Waals surface area contributed by atoms with Crippen LogP contribution in [0.2, 0.25) is 0 Å².